The minimum absolute atomic E-state index is 0.0106. The van der Waals surface area contributed by atoms with Crippen LogP contribution in [0.4, 0.5) is 0 Å². The smallest absolute Gasteiger partial charge is 0.309 e. The molecule has 0 fully saturated rings. The van der Waals surface area contributed by atoms with E-state index in [1.54, 1.807) is 0 Å². The molecule has 0 N–H and O–H groups in total. The minimum atomic E-state index is 0.0106. The van der Waals surface area contributed by atoms with Gasteiger partial charge in [0.1, 0.15) is 6.10 Å². The lowest BCUT2D eigenvalue weighted by atomic mass is 9.89. The van der Waals surface area contributed by atoms with E-state index in [-0.39, 0.29) is 18.0 Å². The molecule has 94 valence electrons. The molecule has 0 saturated heterocycles. The molecule has 2 rings (SSSR count). The molecule has 0 aromatic rings. The topological polar surface area (TPSA) is 26.3 Å². The predicted molar refractivity (Wildman–Crippen MR) is 68.5 cm³/mol. The Labute approximate surface area is 104 Å². The largest absolute Gasteiger partial charge is 0.462 e. The predicted octanol–water partition coefficient (Wildman–Crippen LogP) is 3.63. The van der Waals surface area contributed by atoms with Crippen LogP contribution in [-0.2, 0) is 9.53 Å². The zero-order valence-corrected chi connectivity index (χ0v) is 10.6. The fourth-order valence-electron chi connectivity index (χ4n) is 2.63. The van der Waals surface area contributed by atoms with Gasteiger partial charge >= 0.3 is 5.97 Å². The summed E-state index contributed by atoms with van der Waals surface area (Å²) in [5.74, 6) is 0.626. The highest BCUT2D eigenvalue weighted by Gasteiger charge is 2.25. The summed E-state index contributed by atoms with van der Waals surface area (Å²) >= 11 is 0. The molecule has 17 heavy (non-hydrogen) atoms. The van der Waals surface area contributed by atoms with Gasteiger partial charge in [0.2, 0.25) is 0 Å². The Hall–Kier alpha value is -1.05. The van der Waals surface area contributed by atoms with Crippen LogP contribution in [0.15, 0.2) is 24.3 Å². The van der Waals surface area contributed by atoms with E-state index in [1.165, 1.54) is 0 Å². The van der Waals surface area contributed by atoms with Crippen molar-refractivity contribution in [1.29, 1.82) is 0 Å². The van der Waals surface area contributed by atoms with Crippen LogP contribution in [0.25, 0.3) is 0 Å². The molecule has 0 aromatic heterocycles. The van der Waals surface area contributed by atoms with E-state index >= 15 is 0 Å². The van der Waals surface area contributed by atoms with Crippen molar-refractivity contribution in [3.05, 3.63) is 24.3 Å². The molecule has 0 amide bonds. The van der Waals surface area contributed by atoms with Gasteiger partial charge in [-0.15, -0.1) is 0 Å². The Kier molecular flexibility index (Phi) is 4.41. The third kappa shape index (κ3) is 3.45. The molecule has 2 nitrogen and oxygen atoms in total. The highest BCUT2D eigenvalue weighted by atomic mass is 16.5. The number of carbonyl (C=O) groups excluding carboxylic acids is 1. The molecular weight excluding hydrogens is 212 g/mol. The summed E-state index contributed by atoms with van der Waals surface area (Å²) in [6, 6.07) is 0. The zero-order chi connectivity index (χ0) is 12.1. The molecule has 2 heteroatoms. The van der Waals surface area contributed by atoms with Crippen molar-refractivity contribution < 1.29 is 9.53 Å². The van der Waals surface area contributed by atoms with Gasteiger partial charge in [0.15, 0.2) is 0 Å². The van der Waals surface area contributed by atoms with Crippen LogP contribution >= 0.6 is 0 Å². The maximum Gasteiger partial charge on any atom is 0.309 e. The fourth-order valence-corrected chi connectivity index (χ4v) is 2.63. The lowest BCUT2D eigenvalue weighted by Crippen LogP contribution is -2.28. The van der Waals surface area contributed by atoms with Crippen LogP contribution in [0.1, 0.15) is 45.4 Å². The zero-order valence-electron chi connectivity index (χ0n) is 10.6. The van der Waals surface area contributed by atoms with E-state index in [0.29, 0.717) is 5.92 Å². The summed E-state index contributed by atoms with van der Waals surface area (Å²) in [7, 11) is 0. The summed E-state index contributed by atoms with van der Waals surface area (Å²) in [5, 5.41) is 0. The third-order valence-electron chi connectivity index (χ3n) is 3.88. The Morgan fingerprint density at radius 2 is 1.82 bits per heavy atom. The van der Waals surface area contributed by atoms with Crippen LogP contribution in [0.2, 0.25) is 0 Å². The van der Waals surface area contributed by atoms with Crippen LogP contribution in [-0.4, -0.2) is 12.1 Å². The molecule has 3 unspecified atom stereocenters. The summed E-state index contributed by atoms with van der Waals surface area (Å²) in [6.45, 7) is 2.04. The van der Waals surface area contributed by atoms with Gasteiger partial charge in [-0.3, -0.25) is 4.79 Å². The van der Waals surface area contributed by atoms with E-state index in [9.17, 15) is 4.79 Å². The minimum Gasteiger partial charge on any atom is -0.462 e. The monoisotopic (exact) mass is 234 g/mol. The van der Waals surface area contributed by atoms with Crippen molar-refractivity contribution in [2.24, 2.45) is 11.8 Å². The van der Waals surface area contributed by atoms with Crippen LogP contribution in [0.5, 0.6) is 0 Å². The summed E-state index contributed by atoms with van der Waals surface area (Å²) < 4.78 is 5.62. The first kappa shape index (κ1) is 12.4. The van der Waals surface area contributed by atoms with Gasteiger partial charge in [0, 0.05) is 0 Å². The third-order valence-corrected chi connectivity index (χ3v) is 3.88. The number of carbonyl (C=O) groups is 1. The molecule has 2 aliphatic rings. The summed E-state index contributed by atoms with van der Waals surface area (Å²) in [6.07, 6.45) is 14.9. The standard InChI is InChI=1S/C15H22O2/c1-12(13-8-4-2-5-9-13)17-15(16)14-10-6-3-7-11-14/h2-4,6,12-14H,5,7-11H2,1H3. The summed E-state index contributed by atoms with van der Waals surface area (Å²) in [5.41, 5.74) is 0. The number of esters is 1. The van der Waals surface area contributed by atoms with Crippen LogP contribution < -0.4 is 0 Å². The molecular formula is C15H22O2. The van der Waals surface area contributed by atoms with Crippen molar-refractivity contribution in [3.8, 4) is 0 Å². The van der Waals surface area contributed by atoms with Crippen molar-refractivity contribution in [3.63, 3.8) is 0 Å². The molecule has 0 aromatic carbocycles. The molecule has 0 saturated carbocycles. The first-order chi connectivity index (χ1) is 8.27. The Bertz CT molecular complexity index is 317. The van der Waals surface area contributed by atoms with Crippen molar-refractivity contribution in [2.75, 3.05) is 0 Å². The van der Waals surface area contributed by atoms with E-state index in [4.69, 9.17) is 4.74 Å². The van der Waals surface area contributed by atoms with Gasteiger partial charge in [0.05, 0.1) is 5.92 Å². The van der Waals surface area contributed by atoms with E-state index < -0.39 is 0 Å². The normalized spacial score (nSPS) is 29.9. The van der Waals surface area contributed by atoms with E-state index in [0.717, 1.165) is 38.5 Å². The second kappa shape index (κ2) is 6.04. The van der Waals surface area contributed by atoms with Crippen LogP contribution in [0, 0.1) is 11.8 Å². The SMILES string of the molecule is CC(OC(=O)C1CC=CCC1)C1CC=CCC1. The fraction of sp³-hybridized carbons (Fsp3) is 0.667. The number of allylic oxidation sites excluding steroid dienone is 4. The molecule has 0 radical (unpaired) electrons. The maximum absolute atomic E-state index is 12.0. The molecule has 2 aliphatic carbocycles. The van der Waals surface area contributed by atoms with Crippen LogP contribution in [0.3, 0.4) is 0 Å². The second-order valence-electron chi connectivity index (χ2n) is 5.17. The number of ether oxygens (including phenoxy) is 1. The lowest BCUT2D eigenvalue weighted by Gasteiger charge is -2.27. The van der Waals surface area contributed by atoms with Gasteiger partial charge in [-0.25, -0.2) is 0 Å². The average Bonchev–Trinajstić information content (AvgIpc) is 2.40. The average molecular weight is 234 g/mol. The molecule has 0 aliphatic heterocycles. The molecule has 0 bridgehead atoms. The van der Waals surface area contributed by atoms with Gasteiger partial charge in [-0.1, -0.05) is 24.3 Å². The molecule has 0 heterocycles. The Morgan fingerprint density at radius 1 is 1.12 bits per heavy atom. The van der Waals surface area contributed by atoms with E-state index in [2.05, 4.69) is 24.3 Å². The van der Waals surface area contributed by atoms with E-state index in [1.807, 2.05) is 6.92 Å². The summed E-state index contributed by atoms with van der Waals surface area (Å²) in [4.78, 5) is 12.0. The first-order valence-corrected chi connectivity index (χ1v) is 6.78. The number of rotatable bonds is 3. The maximum atomic E-state index is 12.0. The Balaban J connectivity index is 1.81. The molecule has 3 atom stereocenters. The van der Waals surface area contributed by atoms with Crippen molar-refractivity contribution in [1.82, 2.24) is 0 Å². The van der Waals surface area contributed by atoms with Crippen molar-refractivity contribution in [2.45, 2.75) is 51.6 Å². The number of hydrogen-bond acceptors (Lipinski definition) is 2. The van der Waals surface area contributed by atoms with Gasteiger partial charge < -0.3 is 4.74 Å². The quantitative estimate of drug-likeness (QED) is 0.550. The second-order valence-corrected chi connectivity index (χ2v) is 5.17. The van der Waals surface area contributed by atoms with Crippen molar-refractivity contribution >= 4 is 5.97 Å². The van der Waals surface area contributed by atoms with Gasteiger partial charge in [-0.05, 0) is 51.4 Å². The lowest BCUT2D eigenvalue weighted by molar-refractivity contribution is -0.156. The number of hydrogen-bond donors (Lipinski definition) is 0. The first-order valence-electron chi connectivity index (χ1n) is 6.78. The van der Waals surface area contributed by atoms with Gasteiger partial charge in [-0.2, -0.15) is 0 Å². The van der Waals surface area contributed by atoms with Gasteiger partial charge in [0.25, 0.3) is 0 Å². The molecule has 0 spiro atoms. The highest BCUT2D eigenvalue weighted by molar-refractivity contribution is 5.73. The highest BCUT2D eigenvalue weighted by Crippen LogP contribution is 2.26. The Morgan fingerprint density at radius 3 is 2.41 bits per heavy atom.